The van der Waals surface area contributed by atoms with Gasteiger partial charge in [0.05, 0.1) is 37.2 Å². The first-order valence-corrected chi connectivity index (χ1v) is 9.38. The molecule has 9 heteroatoms. The summed E-state index contributed by atoms with van der Waals surface area (Å²) in [4.78, 5) is 2.10. The van der Waals surface area contributed by atoms with Gasteiger partial charge in [-0.1, -0.05) is 0 Å². The Morgan fingerprint density at radius 3 is 2.86 bits per heavy atom. The minimum atomic E-state index is 0.494. The molecule has 1 aromatic carbocycles. The maximum absolute atomic E-state index is 9.30. The van der Waals surface area contributed by atoms with Gasteiger partial charge in [-0.15, -0.1) is 5.10 Å². The van der Waals surface area contributed by atoms with Crippen LogP contribution in [-0.2, 0) is 11.2 Å². The van der Waals surface area contributed by atoms with Gasteiger partial charge in [-0.25, -0.2) is 4.68 Å². The molecule has 0 aliphatic carbocycles. The van der Waals surface area contributed by atoms with Gasteiger partial charge < -0.3 is 20.1 Å². The summed E-state index contributed by atoms with van der Waals surface area (Å²) in [6, 6.07) is 9.21. The van der Waals surface area contributed by atoms with Crippen LogP contribution in [0.2, 0.25) is 0 Å². The Morgan fingerprint density at radius 1 is 1.21 bits per heavy atom. The molecule has 0 atom stereocenters. The molecule has 3 aromatic rings. The number of nitriles is 1. The second kappa shape index (κ2) is 8.68. The highest BCUT2D eigenvalue weighted by atomic mass is 16.5. The number of nitrogens with two attached hydrogens (primary N) is 1. The van der Waals surface area contributed by atoms with Crippen molar-refractivity contribution in [1.29, 1.82) is 5.26 Å². The van der Waals surface area contributed by atoms with Crippen molar-refractivity contribution in [2.75, 3.05) is 37.7 Å². The smallest absolute Gasteiger partial charge is 0.155 e. The van der Waals surface area contributed by atoms with E-state index in [4.69, 9.17) is 15.2 Å². The van der Waals surface area contributed by atoms with E-state index in [0.717, 1.165) is 36.6 Å². The van der Waals surface area contributed by atoms with E-state index in [1.165, 1.54) is 0 Å². The highest BCUT2D eigenvalue weighted by molar-refractivity contribution is 5.53. The van der Waals surface area contributed by atoms with Crippen molar-refractivity contribution in [3.05, 3.63) is 54.0 Å². The quantitative estimate of drug-likeness (QED) is 0.675. The number of rotatable bonds is 6. The number of morpholine rings is 1. The van der Waals surface area contributed by atoms with Crippen LogP contribution in [0, 0.1) is 11.3 Å². The molecule has 2 N–H and O–H groups in total. The third kappa shape index (κ3) is 4.34. The van der Waals surface area contributed by atoms with E-state index >= 15 is 0 Å². The van der Waals surface area contributed by atoms with Crippen LogP contribution in [0.5, 0.6) is 11.5 Å². The van der Waals surface area contributed by atoms with E-state index in [1.807, 2.05) is 18.3 Å². The van der Waals surface area contributed by atoms with E-state index < -0.39 is 0 Å². The van der Waals surface area contributed by atoms with Gasteiger partial charge in [0.1, 0.15) is 5.69 Å². The zero-order valence-electron chi connectivity index (χ0n) is 15.9. The summed E-state index contributed by atoms with van der Waals surface area (Å²) in [5, 5.41) is 22.0. The van der Waals surface area contributed by atoms with Crippen molar-refractivity contribution >= 4 is 5.82 Å². The third-order valence-corrected chi connectivity index (χ3v) is 4.58. The van der Waals surface area contributed by atoms with Crippen LogP contribution in [0.4, 0.5) is 5.82 Å². The SMILES string of the molecule is N#Cc1ccc(-n2cc(CCN)cn2)c(Oc2cnnc(N3CCOCC3)c2)c1. The number of nitrogens with zero attached hydrogens (tertiary/aromatic N) is 6. The van der Waals surface area contributed by atoms with Gasteiger partial charge in [0.25, 0.3) is 0 Å². The molecule has 9 nitrogen and oxygen atoms in total. The number of aromatic nitrogens is 4. The number of benzene rings is 1. The van der Waals surface area contributed by atoms with Crippen LogP contribution in [0.25, 0.3) is 5.69 Å². The molecule has 148 valence electrons. The van der Waals surface area contributed by atoms with Crippen LogP contribution >= 0.6 is 0 Å². The highest BCUT2D eigenvalue weighted by Crippen LogP contribution is 2.30. The molecule has 0 radical (unpaired) electrons. The summed E-state index contributed by atoms with van der Waals surface area (Å²) in [5.74, 6) is 1.77. The van der Waals surface area contributed by atoms with Crippen molar-refractivity contribution in [3.8, 4) is 23.3 Å². The van der Waals surface area contributed by atoms with Gasteiger partial charge >= 0.3 is 0 Å². The first-order valence-electron chi connectivity index (χ1n) is 9.38. The lowest BCUT2D eigenvalue weighted by Gasteiger charge is -2.27. The monoisotopic (exact) mass is 391 g/mol. The topological polar surface area (TPSA) is 115 Å². The molecule has 0 spiro atoms. The molecular formula is C20H21N7O2. The molecule has 1 fully saturated rings. The fourth-order valence-corrected chi connectivity index (χ4v) is 3.11. The molecule has 0 amide bonds. The van der Waals surface area contributed by atoms with Crippen LogP contribution in [-0.4, -0.2) is 52.8 Å². The molecule has 1 aliphatic heterocycles. The molecule has 1 saturated heterocycles. The van der Waals surface area contributed by atoms with Crippen LogP contribution < -0.4 is 15.4 Å². The third-order valence-electron chi connectivity index (χ3n) is 4.58. The zero-order chi connectivity index (χ0) is 20.1. The van der Waals surface area contributed by atoms with E-state index in [1.54, 1.807) is 29.2 Å². The molecule has 0 saturated carbocycles. The summed E-state index contributed by atoms with van der Waals surface area (Å²) < 4.78 is 13.2. The summed E-state index contributed by atoms with van der Waals surface area (Å²) in [5.41, 5.74) is 7.88. The molecule has 1 aliphatic rings. The lowest BCUT2D eigenvalue weighted by atomic mass is 10.2. The summed E-state index contributed by atoms with van der Waals surface area (Å²) in [6.45, 7) is 3.38. The predicted octanol–water partition coefficient (Wildman–Crippen LogP) is 1.66. The maximum atomic E-state index is 9.30. The van der Waals surface area contributed by atoms with Gasteiger partial charge in [0.15, 0.2) is 17.3 Å². The van der Waals surface area contributed by atoms with Gasteiger partial charge in [0.2, 0.25) is 0 Å². The van der Waals surface area contributed by atoms with E-state index in [0.29, 0.717) is 36.8 Å². The molecular weight excluding hydrogens is 370 g/mol. The Balaban J connectivity index is 1.64. The first-order chi connectivity index (χ1) is 14.3. The second-order valence-electron chi connectivity index (χ2n) is 6.58. The summed E-state index contributed by atoms with van der Waals surface area (Å²) in [7, 11) is 0. The Kier molecular flexibility index (Phi) is 5.65. The molecule has 3 heterocycles. The van der Waals surface area contributed by atoms with Crippen LogP contribution in [0.1, 0.15) is 11.1 Å². The number of ether oxygens (including phenoxy) is 2. The van der Waals surface area contributed by atoms with Crippen LogP contribution in [0.3, 0.4) is 0 Å². The van der Waals surface area contributed by atoms with Gasteiger partial charge in [-0.2, -0.15) is 15.5 Å². The summed E-state index contributed by atoms with van der Waals surface area (Å²) in [6.07, 6.45) is 5.98. The van der Waals surface area contributed by atoms with Crippen molar-refractivity contribution in [1.82, 2.24) is 20.0 Å². The van der Waals surface area contributed by atoms with Crippen molar-refractivity contribution in [2.24, 2.45) is 5.73 Å². The normalized spacial score (nSPS) is 13.9. The second-order valence-corrected chi connectivity index (χ2v) is 6.58. The minimum Gasteiger partial charge on any atom is -0.453 e. The molecule has 0 bridgehead atoms. The van der Waals surface area contributed by atoms with Gasteiger partial charge in [-0.05, 0) is 30.7 Å². The minimum absolute atomic E-state index is 0.494. The Bertz CT molecular complexity index is 1020. The zero-order valence-corrected chi connectivity index (χ0v) is 15.9. The van der Waals surface area contributed by atoms with E-state index in [2.05, 4.69) is 26.3 Å². The average Bonchev–Trinajstić information content (AvgIpc) is 3.23. The van der Waals surface area contributed by atoms with Gasteiger partial charge in [0, 0.05) is 31.4 Å². The van der Waals surface area contributed by atoms with Crippen molar-refractivity contribution in [3.63, 3.8) is 0 Å². The van der Waals surface area contributed by atoms with E-state index in [9.17, 15) is 5.26 Å². The van der Waals surface area contributed by atoms with Crippen LogP contribution in [0.15, 0.2) is 42.9 Å². The Labute approximate surface area is 168 Å². The lowest BCUT2D eigenvalue weighted by molar-refractivity contribution is 0.122. The number of hydrogen-bond donors (Lipinski definition) is 1. The van der Waals surface area contributed by atoms with Crippen molar-refractivity contribution < 1.29 is 9.47 Å². The highest BCUT2D eigenvalue weighted by Gasteiger charge is 2.15. The largest absolute Gasteiger partial charge is 0.453 e. The molecule has 4 rings (SSSR count). The predicted molar refractivity (Wildman–Crippen MR) is 106 cm³/mol. The molecule has 29 heavy (non-hydrogen) atoms. The molecule has 2 aromatic heterocycles. The lowest BCUT2D eigenvalue weighted by Crippen LogP contribution is -2.36. The van der Waals surface area contributed by atoms with Gasteiger partial charge in [-0.3, -0.25) is 0 Å². The molecule has 0 unspecified atom stereocenters. The number of anilines is 1. The maximum Gasteiger partial charge on any atom is 0.155 e. The average molecular weight is 391 g/mol. The first kappa shape index (κ1) is 18.9. The standard InChI is InChI=1S/C20H21N7O2/c21-4-3-16-12-24-27(14-16)18-2-1-15(11-22)9-19(18)29-17-10-20(25-23-13-17)26-5-7-28-8-6-26/h1-2,9-10,12-14H,3-8,21H2. The Morgan fingerprint density at radius 2 is 2.07 bits per heavy atom. The van der Waals surface area contributed by atoms with E-state index in [-0.39, 0.29) is 0 Å². The fourth-order valence-electron chi connectivity index (χ4n) is 3.11. The summed E-state index contributed by atoms with van der Waals surface area (Å²) >= 11 is 0. The van der Waals surface area contributed by atoms with Crippen molar-refractivity contribution in [2.45, 2.75) is 6.42 Å². The Hall–Kier alpha value is -3.48. The number of hydrogen-bond acceptors (Lipinski definition) is 8. The fraction of sp³-hybridized carbons (Fsp3) is 0.300.